The van der Waals surface area contributed by atoms with Crippen LogP contribution < -0.4 is 4.74 Å². The number of thioether (sulfide) groups is 1. The second-order valence-electron chi connectivity index (χ2n) is 5.84. The molecule has 132 valence electrons. The van der Waals surface area contributed by atoms with Crippen LogP contribution in [0.15, 0.2) is 47.5 Å². The number of ether oxygens (including phenoxy) is 1. The summed E-state index contributed by atoms with van der Waals surface area (Å²) >= 11 is 14.0. The molecular formula is C19H20Cl2N2OS. The summed E-state index contributed by atoms with van der Waals surface area (Å²) in [5.41, 5.74) is 1.90. The van der Waals surface area contributed by atoms with E-state index in [1.165, 1.54) is 0 Å². The van der Waals surface area contributed by atoms with E-state index in [1.807, 2.05) is 37.3 Å². The van der Waals surface area contributed by atoms with E-state index in [0.29, 0.717) is 21.9 Å². The summed E-state index contributed by atoms with van der Waals surface area (Å²) in [7, 11) is 0. The Kier molecular flexibility index (Phi) is 6.15. The Morgan fingerprint density at radius 2 is 2.04 bits per heavy atom. The molecule has 2 aromatic rings. The van der Waals surface area contributed by atoms with Crippen LogP contribution in [0.2, 0.25) is 10.0 Å². The minimum absolute atomic E-state index is 0.476. The van der Waals surface area contributed by atoms with E-state index in [9.17, 15) is 0 Å². The Balaban J connectivity index is 1.86. The molecular weight excluding hydrogens is 375 g/mol. The fraction of sp³-hybridized carbons (Fsp3) is 0.316. The quantitative estimate of drug-likeness (QED) is 0.619. The zero-order valence-corrected chi connectivity index (χ0v) is 16.5. The Morgan fingerprint density at radius 1 is 1.24 bits per heavy atom. The first kappa shape index (κ1) is 18.4. The van der Waals surface area contributed by atoms with Crippen LogP contribution in [0.4, 0.5) is 5.69 Å². The van der Waals surface area contributed by atoms with Crippen molar-refractivity contribution in [1.29, 1.82) is 0 Å². The molecule has 0 unspecified atom stereocenters. The molecule has 0 aliphatic carbocycles. The van der Waals surface area contributed by atoms with Crippen LogP contribution in [-0.4, -0.2) is 28.5 Å². The zero-order valence-electron chi connectivity index (χ0n) is 14.2. The molecule has 1 aliphatic rings. The van der Waals surface area contributed by atoms with Crippen molar-refractivity contribution in [2.24, 2.45) is 4.99 Å². The molecule has 3 rings (SSSR count). The normalized spacial score (nSPS) is 18.8. The number of para-hydroxylation sites is 1. The van der Waals surface area contributed by atoms with Crippen LogP contribution in [-0.2, 0) is 6.54 Å². The standard InChI is InChI=1S/C19H20Cl2N2OS/c1-3-24-18-7-5-4-6-14(18)12-23-11-13(2)25-19(23)22-17-9-8-15(20)10-16(17)21/h4-10,13H,3,11-12H2,1-2H3/t13-/m1/s1. The van der Waals surface area contributed by atoms with Gasteiger partial charge in [0.25, 0.3) is 0 Å². The maximum absolute atomic E-state index is 6.28. The molecule has 1 atom stereocenters. The van der Waals surface area contributed by atoms with E-state index in [-0.39, 0.29) is 0 Å². The number of benzene rings is 2. The number of hydrogen-bond acceptors (Lipinski definition) is 3. The molecule has 3 nitrogen and oxygen atoms in total. The van der Waals surface area contributed by atoms with Gasteiger partial charge >= 0.3 is 0 Å². The highest BCUT2D eigenvalue weighted by Crippen LogP contribution is 2.34. The number of aliphatic imine (C=N–C) groups is 1. The molecule has 0 radical (unpaired) electrons. The van der Waals surface area contributed by atoms with Gasteiger partial charge in [-0.05, 0) is 31.2 Å². The molecule has 25 heavy (non-hydrogen) atoms. The third-order valence-electron chi connectivity index (χ3n) is 3.81. The van der Waals surface area contributed by atoms with E-state index >= 15 is 0 Å². The molecule has 1 fully saturated rings. The topological polar surface area (TPSA) is 24.8 Å². The molecule has 6 heteroatoms. The first-order valence-electron chi connectivity index (χ1n) is 8.23. The molecule has 0 saturated carbocycles. The van der Waals surface area contributed by atoms with Gasteiger partial charge in [-0.3, -0.25) is 0 Å². The lowest BCUT2D eigenvalue weighted by Gasteiger charge is -2.20. The lowest BCUT2D eigenvalue weighted by atomic mass is 10.2. The lowest BCUT2D eigenvalue weighted by Crippen LogP contribution is -2.25. The van der Waals surface area contributed by atoms with Gasteiger partial charge in [-0.2, -0.15) is 0 Å². The number of hydrogen-bond donors (Lipinski definition) is 0. The van der Waals surface area contributed by atoms with Crippen molar-refractivity contribution in [2.75, 3.05) is 13.2 Å². The van der Waals surface area contributed by atoms with Gasteiger partial charge in [0.15, 0.2) is 5.17 Å². The van der Waals surface area contributed by atoms with Crippen molar-refractivity contribution in [3.05, 3.63) is 58.1 Å². The van der Waals surface area contributed by atoms with Crippen LogP contribution in [0.5, 0.6) is 5.75 Å². The van der Waals surface area contributed by atoms with Gasteiger partial charge in [0, 0.05) is 28.9 Å². The summed E-state index contributed by atoms with van der Waals surface area (Å²) in [4.78, 5) is 7.05. The summed E-state index contributed by atoms with van der Waals surface area (Å²) < 4.78 is 5.75. The Hall–Kier alpha value is -1.36. The van der Waals surface area contributed by atoms with E-state index in [4.69, 9.17) is 32.9 Å². The van der Waals surface area contributed by atoms with Crippen molar-refractivity contribution in [3.63, 3.8) is 0 Å². The van der Waals surface area contributed by atoms with Crippen LogP contribution in [0.25, 0.3) is 0 Å². The summed E-state index contributed by atoms with van der Waals surface area (Å²) in [6.45, 7) is 6.56. The summed E-state index contributed by atoms with van der Waals surface area (Å²) in [6.07, 6.45) is 0. The molecule has 1 saturated heterocycles. The molecule has 2 aromatic carbocycles. The minimum atomic E-state index is 0.476. The number of halogens is 2. The van der Waals surface area contributed by atoms with Crippen LogP contribution in [0.3, 0.4) is 0 Å². The molecule has 0 aromatic heterocycles. The largest absolute Gasteiger partial charge is 0.494 e. The Labute approximate surface area is 163 Å². The summed E-state index contributed by atoms with van der Waals surface area (Å²) in [6, 6.07) is 13.5. The number of amidine groups is 1. The van der Waals surface area contributed by atoms with Gasteiger partial charge in [0.1, 0.15) is 5.75 Å². The fourth-order valence-electron chi connectivity index (χ4n) is 2.72. The van der Waals surface area contributed by atoms with Crippen molar-refractivity contribution < 1.29 is 4.74 Å². The van der Waals surface area contributed by atoms with Crippen molar-refractivity contribution in [2.45, 2.75) is 25.6 Å². The molecule has 0 spiro atoms. The molecule has 1 heterocycles. The van der Waals surface area contributed by atoms with Crippen LogP contribution in [0, 0.1) is 0 Å². The first-order chi connectivity index (χ1) is 12.1. The second-order valence-corrected chi connectivity index (χ2v) is 8.09. The molecule has 1 aliphatic heterocycles. The van der Waals surface area contributed by atoms with Gasteiger partial charge in [-0.1, -0.05) is 60.1 Å². The van der Waals surface area contributed by atoms with E-state index in [1.54, 1.807) is 17.8 Å². The summed E-state index contributed by atoms with van der Waals surface area (Å²) in [5, 5.41) is 2.63. The van der Waals surface area contributed by atoms with Crippen molar-refractivity contribution >= 4 is 45.8 Å². The highest BCUT2D eigenvalue weighted by molar-refractivity contribution is 8.14. The maximum atomic E-state index is 6.28. The summed E-state index contributed by atoms with van der Waals surface area (Å²) in [5.74, 6) is 0.929. The van der Waals surface area contributed by atoms with Crippen LogP contribution >= 0.6 is 35.0 Å². The van der Waals surface area contributed by atoms with Gasteiger partial charge in [0.05, 0.1) is 17.3 Å². The Morgan fingerprint density at radius 3 is 2.80 bits per heavy atom. The highest BCUT2D eigenvalue weighted by Gasteiger charge is 2.26. The number of rotatable bonds is 5. The van der Waals surface area contributed by atoms with Gasteiger partial charge < -0.3 is 9.64 Å². The Bertz CT molecular complexity index is 782. The molecule has 0 amide bonds. The number of nitrogens with zero attached hydrogens (tertiary/aromatic N) is 2. The predicted molar refractivity (Wildman–Crippen MR) is 109 cm³/mol. The average Bonchev–Trinajstić information content (AvgIpc) is 2.91. The third kappa shape index (κ3) is 4.63. The lowest BCUT2D eigenvalue weighted by molar-refractivity contribution is 0.329. The van der Waals surface area contributed by atoms with Gasteiger partial charge in [-0.25, -0.2) is 4.99 Å². The van der Waals surface area contributed by atoms with E-state index in [0.717, 1.165) is 35.3 Å². The van der Waals surface area contributed by atoms with Crippen molar-refractivity contribution in [3.8, 4) is 5.75 Å². The van der Waals surface area contributed by atoms with Crippen molar-refractivity contribution in [1.82, 2.24) is 4.90 Å². The fourth-order valence-corrected chi connectivity index (χ4v) is 4.23. The highest BCUT2D eigenvalue weighted by atomic mass is 35.5. The van der Waals surface area contributed by atoms with E-state index in [2.05, 4.69) is 17.9 Å². The minimum Gasteiger partial charge on any atom is -0.494 e. The maximum Gasteiger partial charge on any atom is 0.165 e. The third-order valence-corrected chi connectivity index (χ3v) is 5.46. The van der Waals surface area contributed by atoms with Gasteiger partial charge in [-0.15, -0.1) is 0 Å². The SMILES string of the molecule is CCOc1ccccc1CN1C[C@@H](C)SC1=Nc1ccc(Cl)cc1Cl. The monoisotopic (exact) mass is 394 g/mol. The van der Waals surface area contributed by atoms with Gasteiger partial charge in [0.2, 0.25) is 0 Å². The molecule has 0 bridgehead atoms. The first-order valence-corrected chi connectivity index (χ1v) is 9.86. The smallest absolute Gasteiger partial charge is 0.165 e. The second kappa shape index (κ2) is 8.35. The predicted octanol–water partition coefficient (Wildman–Crippen LogP) is 6.02. The average molecular weight is 395 g/mol. The van der Waals surface area contributed by atoms with Crippen LogP contribution in [0.1, 0.15) is 19.4 Å². The molecule has 0 N–H and O–H groups in total. The zero-order chi connectivity index (χ0) is 17.8. The van der Waals surface area contributed by atoms with E-state index < -0.39 is 0 Å².